The monoisotopic (exact) mass is 566 g/mol. The number of fused-ring (bicyclic) bond motifs is 2. The zero-order valence-corrected chi connectivity index (χ0v) is 23.8. The largest absolute Gasteiger partial charge is 0.496 e. The van der Waals surface area contributed by atoms with Gasteiger partial charge in [-0.1, -0.05) is 0 Å². The molecule has 0 unspecified atom stereocenters. The number of Topliss-reactive ketones (excluding diaryl/α,β-unsaturated/α-hetero) is 3. The molecule has 9 heteroatoms. The number of methoxy groups -OCH3 is 2. The molecule has 2 aromatic heterocycles. The Kier molecular flexibility index (Phi) is 9.14. The zero-order valence-electron chi connectivity index (χ0n) is 22.1. The van der Waals surface area contributed by atoms with Crippen molar-refractivity contribution in [1.29, 1.82) is 0 Å². The molecule has 0 spiro atoms. The van der Waals surface area contributed by atoms with Crippen LogP contribution >= 0.6 is 22.7 Å². The molecule has 0 bridgehead atoms. The number of carboxylic acid groups (broad SMARTS) is 1. The van der Waals surface area contributed by atoms with Crippen LogP contribution in [-0.4, -0.2) is 42.6 Å². The number of carbonyl (C=O) groups is 4. The van der Waals surface area contributed by atoms with E-state index in [2.05, 4.69) is 6.07 Å². The highest BCUT2D eigenvalue weighted by atomic mass is 32.1. The smallest absolute Gasteiger partial charge is 0.303 e. The van der Waals surface area contributed by atoms with Crippen LogP contribution in [0.1, 0.15) is 69.5 Å². The second-order valence-corrected chi connectivity index (χ2v) is 11.6. The van der Waals surface area contributed by atoms with Crippen LogP contribution in [0, 0.1) is 0 Å². The molecule has 2 heterocycles. The van der Waals surface area contributed by atoms with Crippen LogP contribution in [-0.2, 0) is 22.4 Å². The van der Waals surface area contributed by atoms with Crippen molar-refractivity contribution < 1.29 is 33.8 Å². The van der Waals surface area contributed by atoms with Gasteiger partial charge in [-0.2, -0.15) is 0 Å². The van der Waals surface area contributed by atoms with Gasteiger partial charge in [0, 0.05) is 28.7 Å². The summed E-state index contributed by atoms with van der Waals surface area (Å²) in [7, 11) is 3.26. The first kappa shape index (κ1) is 28.4. The zero-order chi connectivity index (χ0) is 28.1. The van der Waals surface area contributed by atoms with Gasteiger partial charge in [0.1, 0.15) is 17.3 Å². The van der Waals surface area contributed by atoms with Crippen LogP contribution in [0.4, 0.5) is 0 Å². The summed E-state index contributed by atoms with van der Waals surface area (Å²) in [6, 6.07) is 11.7. The summed E-state index contributed by atoms with van der Waals surface area (Å²) < 4.78 is 13.2. The van der Waals surface area contributed by atoms with Crippen molar-refractivity contribution in [3.63, 3.8) is 0 Å². The first-order chi connectivity index (χ1) is 18.7. The second-order valence-electron chi connectivity index (χ2n) is 9.42. The number of rotatable bonds is 14. The molecule has 0 saturated heterocycles. The lowest BCUT2D eigenvalue weighted by Gasteiger charge is -2.11. The summed E-state index contributed by atoms with van der Waals surface area (Å²) in [5.41, 5.74) is 2.08. The topological polar surface area (TPSA) is 107 Å². The van der Waals surface area contributed by atoms with Gasteiger partial charge in [0.15, 0.2) is 11.6 Å². The fraction of sp³-hybridized carbons (Fsp3) is 0.333. The first-order valence-corrected chi connectivity index (χ1v) is 14.3. The molecular formula is C30H30O7S2. The van der Waals surface area contributed by atoms with Crippen molar-refractivity contribution in [1.82, 2.24) is 0 Å². The van der Waals surface area contributed by atoms with E-state index in [9.17, 15) is 19.2 Å². The Morgan fingerprint density at radius 3 is 1.56 bits per heavy atom. The quantitative estimate of drug-likeness (QED) is 0.165. The lowest BCUT2D eigenvalue weighted by Crippen LogP contribution is -2.01. The van der Waals surface area contributed by atoms with E-state index in [1.54, 1.807) is 14.2 Å². The molecule has 0 aliphatic rings. The number of carboxylic acids is 1. The van der Waals surface area contributed by atoms with E-state index >= 15 is 0 Å². The van der Waals surface area contributed by atoms with Gasteiger partial charge in [-0.15, -0.1) is 22.7 Å². The minimum atomic E-state index is -0.984. The van der Waals surface area contributed by atoms with Crippen LogP contribution in [0.2, 0.25) is 0 Å². The summed E-state index contributed by atoms with van der Waals surface area (Å²) in [6.07, 6.45) is 2.61. The Balaban J connectivity index is 1.49. The van der Waals surface area contributed by atoms with Crippen molar-refractivity contribution in [3.05, 3.63) is 57.3 Å². The van der Waals surface area contributed by atoms with Gasteiger partial charge in [0.05, 0.1) is 30.4 Å². The standard InChI is InChI=1S/C30H30O7S2/c1-17(31)7-8-22(32)28-13-20-11-18(24(36-2)15-26(20)38-28)5-4-6-19-12-21-14-29(23(33)9-10-30(34)35)39-27(21)16-25(19)37-3/h11-16H,4-10H2,1-3H3,(H,34,35). The fourth-order valence-electron chi connectivity index (χ4n) is 4.50. The number of aliphatic carboxylic acids is 1. The number of ketones is 3. The number of ether oxygens (including phenoxy) is 2. The number of aryl methyl sites for hydroxylation is 2. The molecule has 0 atom stereocenters. The summed E-state index contributed by atoms with van der Waals surface area (Å²) in [5, 5.41) is 10.8. The van der Waals surface area contributed by atoms with E-state index in [-0.39, 0.29) is 43.0 Å². The maximum Gasteiger partial charge on any atom is 0.303 e. The molecule has 0 aliphatic heterocycles. The molecule has 2 aromatic carbocycles. The maximum absolute atomic E-state index is 12.5. The van der Waals surface area contributed by atoms with Gasteiger partial charge in [-0.05, 0) is 84.5 Å². The van der Waals surface area contributed by atoms with E-state index in [1.165, 1.54) is 29.6 Å². The van der Waals surface area contributed by atoms with Gasteiger partial charge in [0.2, 0.25) is 0 Å². The highest BCUT2D eigenvalue weighted by molar-refractivity contribution is 7.21. The SMILES string of the molecule is COc1cc2sc(C(=O)CCC(C)=O)cc2cc1CCCc1cc2cc(C(=O)CCC(=O)O)sc2cc1OC. The molecule has 1 N–H and O–H groups in total. The maximum atomic E-state index is 12.5. The van der Waals surface area contributed by atoms with E-state index in [0.717, 1.165) is 62.1 Å². The predicted octanol–water partition coefficient (Wildman–Crippen LogP) is 6.91. The average molecular weight is 567 g/mol. The van der Waals surface area contributed by atoms with Gasteiger partial charge in [0.25, 0.3) is 0 Å². The van der Waals surface area contributed by atoms with Crippen LogP contribution in [0.5, 0.6) is 11.5 Å². The minimum Gasteiger partial charge on any atom is -0.496 e. The third-order valence-electron chi connectivity index (χ3n) is 6.55. The Morgan fingerprint density at radius 2 is 1.15 bits per heavy atom. The Morgan fingerprint density at radius 1 is 0.692 bits per heavy atom. The normalized spacial score (nSPS) is 11.2. The Labute approximate surface area is 234 Å². The third-order valence-corrected chi connectivity index (χ3v) is 8.83. The lowest BCUT2D eigenvalue weighted by atomic mass is 10.0. The van der Waals surface area contributed by atoms with Crippen molar-refractivity contribution >= 4 is 66.2 Å². The number of benzene rings is 2. The van der Waals surface area contributed by atoms with Gasteiger partial charge in [-0.25, -0.2) is 0 Å². The van der Waals surface area contributed by atoms with E-state index < -0.39 is 5.97 Å². The number of carbonyl (C=O) groups excluding carboxylic acids is 3. The van der Waals surface area contributed by atoms with Crippen LogP contribution in [0.25, 0.3) is 20.2 Å². The molecule has 0 amide bonds. The lowest BCUT2D eigenvalue weighted by molar-refractivity contribution is -0.137. The van der Waals surface area contributed by atoms with E-state index in [4.69, 9.17) is 14.6 Å². The van der Waals surface area contributed by atoms with Crippen molar-refractivity contribution in [3.8, 4) is 11.5 Å². The predicted molar refractivity (Wildman–Crippen MR) is 154 cm³/mol. The number of hydrogen-bond donors (Lipinski definition) is 1. The molecular weight excluding hydrogens is 536 g/mol. The van der Waals surface area contributed by atoms with Gasteiger partial charge >= 0.3 is 5.97 Å². The molecule has 204 valence electrons. The van der Waals surface area contributed by atoms with Gasteiger partial charge < -0.3 is 19.4 Å². The second kappa shape index (κ2) is 12.5. The third kappa shape index (κ3) is 6.91. The first-order valence-electron chi connectivity index (χ1n) is 12.7. The summed E-state index contributed by atoms with van der Waals surface area (Å²) in [4.78, 5) is 48.2. The minimum absolute atomic E-state index is 0.00728. The molecule has 0 radical (unpaired) electrons. The highest BCUT2D eigenvalue weighted by Crippen LogP contribution is 2.36. The fourth-order valence-corrected chi connectivity index (χ4v) is 6.58. The average Bonchev–Trinajstić information content (AvgIpc) is 3.52. The van der Waals surface area contributed by atoms with Crippen LogP contribution in [0.15, 0.2) is 36.4 Å². The molecule has 4 rings (SSSR count). The van der Waals surface area contributed by atoms with Crippen molar-refractivity contribution in [2.45, 2.75) is 51.9 Å². The number of thiophene rings is 2. The highest BCUT2D eigenvalue weighted by Gasteiger charge is 2.16. The molecule has 0 aliphatic carbocycles. The molecule has 4 aromatic rings. The summed E-state index contributed by atoms with van der Waals surface area (Å²) in [5.74, 6) is 0.364. The van der Waals surface area contributed by atoms with Crippen LogP contribution < -0.4 is 9.47 Å². The van der Waals surface area contributed by atoms with Crippen molar-refractivity contribution in [2.75, 3.05) is 14.2 Å². The molecule has 0 saturated carbocycles. The molecule has 7 nitrogen and oxygen atoms in total. The van der Waals surface area contributed by atoms with E-state index in [0.29, 0.717) is 9.75 Å². The Hall–Kier alpha value is -3.56. The van der Waals surface area contributed by atoms with E-state index in [1.807, 2.05) is 30.3 Å². The molecule has 39 heavy (non-hydrogen) atoms. The molecule has 0 fully saturated rings. The number of hydrogen-bond acceptors (Lipinski definition) is 8. The van der Waals surface area contributed by atoms with Crippen molar-refractivity contribution in [2.24, 2.45) is 0 Å². The van der Waals surface area contributed by atoms with Gasteiger partial charge in [-0.3, -0.25) is 14.4 Å². The summed E-state index contributed by atoms with van der Waals surface area (Å²) in [6.45, 7) is 1.49. The summed E-state index contributed by atoms with van der Waals surface area (Å²) >= 11 is 2.77. The Bertz CT molecular complexity index is 1440. The van der Waals surface area contributed by atoms with Crippen LogP contribution in [0.3, 0.4) is 0 Å².